The quantitative estimate of drug-likeness (QED) is 0.677. The van der Waals surface area contributed by atoms with Crippen molar-refractivity contribution in [2.75, 3.05) is 20.2 Å². The van der Waals surface area contributed by atoms with Gasteiger partial charge in [0.1, 0.15) is 6.33 Å². The molecule has 1 aliphatic heterocycles. The predicted octanol–water partition coefficient (Wildman–Crippen LogP) is 2.90. The third-order valence-corrected chi connectivity index (χ3v) is 5.07. The smallest absolute Gasteiger partial charge is 0.337 e. The Bertz CT molecular complexity index is 904. The highest BCUT2D eigenvalue weighted by Gasteiger charge is 2.22. The molecule has 1 unspecified atom stereocenters. The summed E-state index contributed by atoms with van der Waals surface area (Å²) in [6.07, 6.45) is 3.93. The van der Waals surface area contributed by atoms with Crippen molar-refractivity contribution in [2.45, 2.75) is 25.3 Å². The van der Waals surface area contributed by atoms with E-state index >= 15 is 0 Å². The van der Waals surface area contributed by atoms with Crippen molar-refractivity contribution >= 4 is 11.6 Å². The largest absolute Gasteiger partial charge is 0.465 e. The molecule has 4 rings (SSSR count). The van der Waals surface area contributed by atoms with Gasteiger partial charge in [-0.05, 0) is 55.1 Å². The Kier molecular flexibility index (Phi) is 4.67. The molecule has 1 aliphatic rings. The van der Waals surface area contributed by atoms with Crippen LogP contribution < -0.4 is 0 Å². The van der Waals surface area contributed by atoms with Crippen LogP contribution >= 0.6 is 0 Å². The first-order valence-corrected chi connectivity index (χ1v) is 8.93. The highest BCUT2D eigenvalue weighted by atomic mass is 16.5. The molecule has 0 radical (unpaired) electrons. The maximum Gasteiger partial charge on any atom is 0.337 e. The Morgan fingerprint density at radius 3 is 2.88 bits per heavy atom. The molecule has 0 bridgehead atoms. The lowest BCUT2D eigenvalue weighted by molar-refractivity contribution is 0.0600. The second kappa shape index (κ2) is 7.25. The molecule has 2 aromatic heterocycles. The number of pyridine rings is 1. The fraction of sp³-hybridized carbons (Fsp3) is 0.350. The molecule has 6 nitrogen and oxygen atoms in total. The van der Waals surface area contributed by atoms with E-state index < -0.39 is 0 Å². The van der Waals surface area contributed by atoms with Crippen molar-refractivity contribution in [1.82, 2.24) is 19.5 Å². The first-order valence-electron chi connectivity index (χ1n) is 8.93. The fourth-order valence-corrected chi connectivity index (χ4v) is 3.73. The first-order chi connectivity index (χ1) is 12.7. The summed E-state index contributed by atoms with van der Waals surface area (Å²) in [5.41, 5.74) is 3.92. The van der Waals surface area contributed by atoms with Gasteiger partial charge in [-0.1, -0.05) is 18.2 Å². The van der Waals surface area contributed by atoms with E-state index in [4.69, 9.17) is 4.74 Å². The van der Waals surface area contributed by atoms with Crippen LogP contribution in [0.1, 0.15) is 40.4 Å². The molecule has 0 amide bonds. The number of ether oxygens (including phenoxy) is 1. The maximum atomic E-state index is 11.6. The summed E-state index contributed by atoms with van der Waals surface area (Å²) in [6, 6.07) is 13.9. The molecule has 1 fully saturated rings. The van der Waals surface area contributed by atoms with Gasteiger partial charge in [-0.3, -0.25) is 4.90 Å². The van der Waals surface area contributed by atoms with E-state index in [1.54, 1.807) is 6.33 Å². The molecule has 0 spiro atoms. The molecule has 3 aromatic rings. The van der Waals surface area contributed by atoms with Gasteiger partial charge in [0.05, 0.1) is 18.4 Å². The van der Waals surface area contributed by atoms with Crippen LogP contribution in [0.25, 0.3) is 5.65 Å². The molecule has 1 atom stereocenters. The average Bonchev–Trinajstić information content (AvgIpc) is 3.18. The molecular weight excluding hydrogens is 328 g/mol. The Labute approximate surface area is 152 Å². The molecule has 0 N–H and O–H groups in total. The number of benzene rings is 1. The van der Waals surface area contributed by atoms with Gasteiger partial charge in [-0.15, -0.1) is 0 Å². The van der Waals surface area contributed by atoms with E-state index in [1.165, 1.54) is 19.1 Å². The molecule has 3 heterocycles. The summed E-state index contributed by atoms with van der Waals surface area (Å²) >= 11 is 0. The number of carbonyl (C=O) groups is 1. The van der Waals surface area contributed by atoms with Crippen molar-refractivity contribution in [3.63, 3.8) is 0 Å². The minimum Gasteiger partial charge on any atom is -0.465 e. The molecule has 134 valence electrons. The number of hydrogen-bond donors (Lipinski definition) is 0. The van der Waals surface area contributed by atoms with Gasteiger partial charge < -0.3 is 4.74 Å². The molecule has 1 aromatic carbocycles. The Morgan fingerprint density at radius 2 is 2.08 bits per heavy atom. The van der Waals surface area contributed by atoms with Crippen molar-refractivity contribution in [3.05, 3.63) is 65.6 Å². The van der Waals surface area contributed by atoms with Crippen LogP contribution in [0.2, 0.25) is 0 Å². The van der Waals surface area contributed by atoms with Crippen LogP contribution in [0.4, 0.5) is 0 Å². The summed E-state index contributed by atoms with van der Waals surface area (Å²) in [6.45, 7) is 2.95. The van der Waals surface area contributed by atoms with E-state index in [0.717, 1.165) is 37.4 Å². The fourth-order valence-electron chi connectivity index (χ4n) is 3.73. The monoisotopic (exact) mass is 350 g/mol. The summed E-state index contributed by atoms with van der Waals surface area (Å²) < 4.78 is 6.68. The highest BCUT2D eigenvalue weighted by Crippen LogP contribution is 2.28. The zero-order valence-electron chi connectivity index (χ0n) is 14.8. The summed E-state index contributed by atoms with van der Waals surface area (Å²) in [5, 5.41) is 4.33. The average molecular weight is 350 g/mol. The van der Waals surface area contributed by atoms with Crippen molar-refractivity contribution in [3.8, 4) is 0 Å². The van der Waals surface area contributed by atoms with E-state index in [2.05, 4.69) is 33.2 Å². The predicted molar refractivity (Wildman–Crippen MR) is 98.0 cm³/mol. The van der Waals surface area contributed by atoms with Crippen LogP contribution in [0.5, 0.6) is 0 Å². The molecule has 0 saturated carbocycles. The number of methoxy groups -OCH3 is 1. The third-order valence-electron chi connectivity index (χ3n) is 5.07. The van der Waals surface area contributed by atoms with Gasteiger partial charge in [-0.2, -0.15) is 5.10 Å². The molecule has 1 saturated heterocycles. The Balaban J connectivity index is 1.47. The molecular formula is C20H22N4O2. The normalized spacial score (nSPS) is 18.1. The number of nitrogens with zero attached hydrogens (tertiary/aromatic N) is 4. The molecule has 26 heavy (non-hydrogen) atoms. The second-order valence-corrected chi connectivity index (χ2v) is 6.74. The number of piperidine rings is 1. The zero-order chi connectivity index (χ0) is 17.9. The van der Waals surface area contributed by atoms with Crippen LogP contribution in [-0.4, -0.2) is 45.7 Å². The molecule has 6 heteroatoms. The Morgan fingerprint density at radius 1 is 1.23 bits per heavy atom. The first kappa shape index (κ1) is 16.7. The van der Waals surface area contributed by atoms with Crippen molar-refractivity contribution in [1.29, 1.82) is 0 Å². The number of esters is 1. The van der Waals surface area contributed by atoms with Crippen LogP contribution in [0.3, 0.4) is 0 Å². The zero-order valence-corrected chi connectivity index (χ0v) is 14.8. The number of likely N-dealkylation sites (tertiary alicyclic amines) is 1. The van der Waals surface area contributed by atoms with Gasteiger partial charge in [0.2, 0.25) is 0 Å². The lowest BCUT2D eigenvalue weighted by Crippen LogP contribution is -2.34. The number of carbonyl (C=O) groups excluding carboxylic acids is 1. The number of rotatable bonds is 4. The van der Waals surface area contributed by atoms with Gasteiger partial charge >= 0.3 is 5.97 Å². The third kappa shape index (κ3) is 3.32. The van der Waals surface area contributed by atoms with Crippen LogP contribution in [-0.2, 0) is 11.3 Å². The lowest BCUT2D eigenvalue weighted by atomic mass is 9.90. The highest BCUT2D eigenvalue weighted by molar-refractivity contribution is 5.89. The maximum absolute atomic E-state index is 11.6. The number of aromatic nitrogens is 3. The standard InChI is InChI=1S/C20H22N4O2/c1-26-20(25)16-9-7-15(8-10-16)17-4-3-11-23(12-17)13-18-5-2-6-19-21-14-22-24(18)19/h2,5-10,14,17H,3-4,11-13H2,1H3. The topological polar surface area (TPSA) is 59.7 Å². The molecule has 0 aliphatic carbocycles. The van der Waals surface area contributed by atoms with E-state index in [9.17, 15) is 4.79 Å². The summed E-state index contributed by atoms with van der Waals surface area (Å²) in [7, 11) is 1.41. The summed E-state index contributed by atoms with van der Waals surface area (Å²) in [4.78, 5) is 18.3. The van der Waals surface area contributed by atoms with Crippen LogP contribution in [0.15, 0.2) is 48.8 Å². The van der Waals surface area contributed by atoms with Crippen LogP contribution in [0, 0.1) is 0 Å². The summed E-state index contributed by atoms with van der Waals surface area (Å²) in [5.74, 6) is 0.188. The minimum atomic E-state index is -0.289. The van der Waals surface area contributed by atoms with E-state index in [0.29, 0.717) is 11.5 Å². The lowest BCUT2D eigenvalue weighted by Gasteiger charge is -2.33. The van der Waals surface area contributed by atoms with E-state index in [-0.39, 0.29) is 5.97 Å². The number of fused-ring (bicyclic) bond motifs is 1. The van der Waals surface area contributed by atoms with Gasteiger partial charge in [0, 0.05) is 13.1 Å². The van der Waals surface area contributed by atoms with E-state index in [1.807, 2.05) is 28.8 Å². The SMILES string of the molecule is COC(=O)c1ccc(C2CCCN(Cc3cccc4ncnn34)C2)cc1. The minimum absolute atomic E-state index is 0.289. The van der Waals surface area contributed by atoms with Gasteiger partial charge in [-0.25, -0.2) is 14.3 Å². The van der Waals surface area contributed by atoms with Crippen molar-refractivity contribution < 1.29 is 9.53 Å². The second-order valence-electron chi connectivity index (χ2n) is 6.74. The van der Waals surface area contributed by atoms with Gasteiger partial charge in [0.25, 0.3) is 0 Å². The van der Waals surface area contributed by atoms with Crippen molar-refractivity contribution in [2.24, 2.45) is 0 Å². The number of hydrogen-bond acceptors (Lipinski definition) is 5. The van der Waals surface area contributed by atoms with Gasteiger partial charge in [0.15, 0.2) is 5.65 Å². The Hall–Kier alpha value is -2.73.